The first-order valence-electron chi connectivity index (χ1n) is 3.91. The standard InChI is InChI=1S/C9H8ClN3/c10-7-13-11-6-9(12-13)8-4-2-1-3-5-8/h1-6H,7H2. The second-order valence-electron chi connectivity index (χ2n) is 2.59. The minimum Gasteiger partial charge on any atom is -0.169 e. The van der Waals surface area contributed by atoms with Crippen molar-refractivity contribution in [3.05, 3.63) is 36.5 Å². The Morgan fingerprint density at radius 2 is 2.00 bits per heavy atom. The summed E-state index contributed by atoms with van der Waals surface area (Å²) in [5.74, 6) is 0. The lowest BCUT2D eigenvalue weighted by molar-refractivity contribution is 0.636. The second kappa shape index (κ2) is 3.58. The SMILES string of the molecule is ClCn1ncc(-c2ccccc2)n1. The molecule has 0 atom stereocenters. The molecule has 0 saturated heterocycles. The summed E-state index contributed by atoms with van der Waals surface area (Å²) in [6.07, 6.45) is 1.71. The Bertz CT molecular complexity index is 383. The van der Waals surface area contributed by atoms with Gasteiger partial charge in [-0.3, -0.25) is 0 Å². The van der Waals surface area contributed by atoms with Gasteiger partial charge in [0.2, 0.25) is 0 Å². The molecule has 4 heteroatoms. The van der Waals surface area contributed by atoms with Crippen LogP contribution in [0.15, 0.2) is 36.5 Å². The van der Waals surface area contributed by atoms with Gasteiger partial charge in [0, 0.05) is 5.56 Å². The van der Waals surface area contributed by atoms with Crippen LogP contribution in [0.2, 0.25) is 0 Å². The van der Waals surface area contributed by atoms with Crippen LogP contribution in [0.5, 0.6) is 0 Å². The number of hydrogen-bond donors (Lipinski definition) is 0. The first-order chi connectivity index (χ1) is 6.40. The van der Waals surface area contributed by atoms with Crippen LogP contribution in [0.1, 0.15) is 0 Å². The topological polar surface area (TPSA) is 30.7 Å². The molecular formula is C9H8ClN3. The number of halogens is 1. The van der Waals surface area contributed by atoms with Crippen LogP contribution in [-0.4, -0.2) is 15.0 Å². The van der Waals surface area contributed by atoms with Crippen molar-refractivity contribution in [2.75, 3.05) is 0 Å². The Kier molecular flexibility index (Phi) is 2.27. The van der Waals surface area contributed by atoms with Crippen molar-refractivity contribution in [1.29, 1.82) is 0 Å². The summed E-state index contributed by atoms with van der Waals surface area (Å²) in [7, 11) is 0. The number of alkyl halides is 1. The van der Waals surface area contributed by atoms with Crippen molar-refractivity contribution in [3.8, 4) is 11.3 Å². The van der Waals surface area contributed by atoms with E-state index in [9.17, 15) is 0 Å². The predicted molar refractivity (Wildman–Crippen MR) is 51.3 cm³/mol. The molecule has 66 valence electrons. The summed E-state index contributed by atoms with van der Waals surface area (Å²) >= 11 is 5.57. The number of benzene rings is 1. The Balaban J connectivity index is 2.36. The summed E-state index contributed by atoms with van der Waals surface area (Å²) in [6, 6.07) is 10.2. The van der Waals surface area contributed by atoms with Gasteiger partial charge in [0.15, 0.2) is 0 Å². The molecular weight excluding hydrogens is 186 g/mol. The van der Waals surface area contributed by atoms with Crippen LogP contribution in [0, 0.1) is 0 Å². The zero-order valence-electron chi connectivity index (χ0n) is 6.89. The summed E-state index contributed by atoms with van der Waals surface area (Å²) in [5, 5.41) is 8.16. The highest BCUT2D eigenvalue weighted by Crippen LogP contribution is 2.14. The van der Waals surface area contributed by atoms with Gasteiger partial charge in [-0.15, -0.1) is 0 Å². The summed E-state index contributed by atoms with van der Waals surface area (Å²) in [5.41, 5.74) is 1.90. The van der Waals surface area contributed by atoms with Gasteiger partial charge >= 0.3 is 0 Å². The van der Waals surface area contributed by atoms with E-state index in [2.05, 4.69) is 10.2 Å². The third-order valence-electron chi connectivity index (χ3n) is 1.71. The van der Waals surface area contributed by atoms with Gasteiger partial charge in [0.25, 0.3) is 0 Å². The van der Waals surface area contributed by atoms with Gasteiger partial charge < -0.3 is 0 Å². The molecule has 0 aliphatic carbocycles. The van der Waals surface area contributed by atoms with E-state index < -0.39 is 0 Å². The van der Waals surface area contributed by atoms with Crippen molar-refractivity contribution in [2.45, 2.75) is 6.00 Å². The summed E-state index contributed by atoms with van der Waals surface area (Å²) in [4.78, 5) is 1.45. The molecule has 0 aliphatic heterocycles. The Hall–Kier alpha value is -1.35. The van der Waals surface area contributed by atoms with Crippen molar-refractivity contribution in [2.24, 2.45) is 0 Å². The number of hydrogen-bond acceptors (Lipinski definition) is 2. The number of nitrogens with zero attached hydrogens (tertiary/aromatic N) is 3. The molecule has 2 aromatic rings. The molecule has 2 rings (SSSR count). The summed E-state index contributed by atoms with van der Waals surface area (Å²) in [6.45, 7) is 0. The Labute approximate surface area is 81.0 Å². The van der Waals surface area contributed by atoms with E-state index in [0.717, 1.165) is 11.3 Å². The van der Waals surface area contributed by atoms with E-state index in [1.165, 1.54) is 4.80 Å². The van der Waals surface area contributed by atoms with Gasteiger partial charge in [0.1, 0.15) is 11.7 Å². The lowest BCUT2D eigenvalue weighted by Gasteiger charge is -1.92. The molecule has 0 amide bonds. The Morgan fingerprint density at radius 1 is 1.23 bits per heavy atom. The van der Waals surface area contributed by atoms with Crippen LogP contribution in [-0.2, 0) is 6.00 Å². The van der Waals surface area contributed by atoms with Gasteiger partial charge in [-0.2, -0.15) is 15.0 Å². The summed E-state index contributed by atoms with van der Waals surface area (Å²) < 4.78 is 0. The minimum atomic E-state index is 0.285. The van der Waals surface area contributed by atoms with Crippen LogP contribution in [0.4, 0.5) is 0 Å². The van der Waals surface area contributed by atoms with Crippen molar-refractivity contribution in [1.82, 2.24) is 15.0 Å². The van der Waals surface area contributed by atoms with Crippen LogP contribution < -0.4 is 0 Å². The van der Waals surface area contributed by atoms with Gasteiger partial charge in [-0.25, -0.2) is 0 Å². The monoisotopic (exact) mass is 193 g/mol. The van der Waals surface area contributed by atoms with E-state index >= 15 is 0 Å². The fourth-order valence-corrected chi connectivity index (χ4v) is 1.21. The molecule has 1 aromatic carbocycles. The molecule has 0 radical (unpaired) electrons. The van der Waals surface area contributed by atoms with Crippen molar-refractivity contribution >= 4 is 11.6 Å². The zero-order valence-corrected chi connectivity index (χ0v) is 7.65. The predicted octanol–water partition coefficient (Wildman–Crippen LogP) is 2.14. The highest BCUT2D eigenvalue weighted by molar-refractivity contribution is 6.15. The number of rotatable bonds is 2. The fourth-order valence-electron chi connectivity index (χ4n) is 1.10. The molecule has 0 bridgehead atoms. The van der Waals surface area contributed by atoms with E-state index in [1.807, 2.05) is 30.3 Å². The normalized spacial score (nSPS) is 10.2. The average Bonchev–Trinajstić information content (AvgIpc) is 2.67. The van der Waals surface area contributed by atoms with Crippen LogP contribution in [0.3, 0.4) is 0 Å². The highest BCUT2D eigenvalue weighted by Gasteiger charge is 2.00. The maximum absolute atomic E-state index is 5.57. The molecule has 1 heterocycles. The maximum atomic E-state index is 5.57. The van der Waals surface area contributed by atoms with Gasteiger partial charge in [0.05, 0.1) is 6.20 Å². The molecule has 1 aromatic heterocycles. The molecule has 0 saturated carbocycles. The zero-order chi connectivity index (χ0) is 9.10. The minimum absolute atomic E-state index is 0.285. The van der Waals surface area contributed by atoms with E-state index in [0.29, 0.717) is 0 Å². The fraction of sp³-hybridized carbons (Fsp3) is 0.111. The smallest absolute Gasteiger partial charge is 0.134 e. The first kappa shape index (κ1) is 8.26. The third kappa shape index (κ3) is 1.70. The quantitative estimate of drug-likeness (QED) is 0.685. The molecule has 0 unspecified atom stereocenters. The first-order valence-corrected chi connectivity index (χ1v) is 4.45. The number of aromatic nitrogens is 3. The Morgan fingerprint density at radius 3 is 2.62 bits per heavy atom. The molecule has 0 fully saturated rings. The van der Waals surface area contributed by atoms with Crippen molar-refractivity contribution < 1.29 is 0 Å². The van der Waals surface area contributed by atoms with Crippen molar-refractivity contribution in [3.63, 3.8) is 0 Å². The molecule has 13 heavy (non-hydrogen) atoms. The van der Waals surface area contributed by atoms with E-state index in [-0.39, 0.29) is 6.00 Å². The molecule has 0 spiro atoms. The lowest BCUT2D eigenvalue weighted by Crippen LogP contribution is -1.96. The van der Waals surface area contributed by atoms with Crippen LogP contribution in [0.25, 0.3) is 11.3 Å². The third-order valence-corrected chi connectivity index (χ3v) is 1.93. The second-order valence-corrected chi connectivity index (χ2v) is 2.83. The molecule has 0 aliphatic rings. The average molecular weight is 194 g/mol. The van der Waals surface area contributed by atoms with E-state index in [1.54, 1.807) is 6.20 Å². The van der Waals surface area contributed by atoms with E-state index in [4.69, 9.17) is 11.6 Å². The highest BCUT2D eigenvalue weighted by atomic mass is 35.5. The molecule has 0 N–H and O–H groups in total. The largest absolute Gasteiger partial charge is 0.169 e. The van der Waals surface area contributed by atoms with Crippen LogP contribution >= 0.6 is 11.6 Å². The van der Waals surface area contributed by atoms with Gasteiger partial charge in [-0.1, -0.05) is 41.9 Å². The van der Waals surface area contributed by atoms with Gasteiger partial charge in [-0.05, 0) is 0 Å². The lowest BCUT2D eigenvalue weighted by atomic mass is 10.2. The molecule has 3 nitrogen and oxygen atoms in total. The maximum Gasteiger partial charge on any atom is 0.134 e.